The fourth-order valence-corrected chi connectivity index (χ4v) is 2.11. The van der Waals surface area contributed by atoms with Gasteiger partial charge in [-0.05, 0) is 17.7 Å². The van der Waals surface area contributed by atoms with Crippen molar-refractivity contribution in [3.05, 3.63) is 47.8 Å². The Hall–Kier alpha value is -1.79. The molecule has 6 heteroatoms. The Balaban J connectivity index is 2.40. The first-order valence-corrected chi connectivity index (χ1v) is 6.01. The third kappa shape index (κ3) is 2.64. The summed E-state index contributed by atoms with van der Waals surface area (Å²) in [6, 6.07) is 6.15. The second kappa shape index (κ2) is 5.46. The summed E-state index contributed by atoms with van der Waals surface area (Å²) in [5.41, 5.74) is 5.75. The Labute approximate surface area is 110 Å². The van der Waals surface area contributed by atoms with Crippen molar-refractivity contribution in [2.24, 2.45) is 12.8 Å². The summed E-state index contributed by atoms with van der Waals surface area (Å²) < 4.78 is 15.0. The van der Waals surface area contributed by atoms with E-state index in [-0.39, 0.29) is 19.0 Å². The maximum atomic E-state index is 13.4. The summed E-state index contributed by atoms with van der Waals surface area (Å²) in [4.78, 5) is 4.14. The molecule has 0 fully saturated rings. The van der Waals surface area contributed by atoms with E-state index in [0.717, 1.165) is 0 Å². The Morgan fingerprint density at radius 3 is 2.79 bits per heavy atom. The van der Waals surface area contributed by atoms with Crippen LogP contribution in [0.4, 0.5) is 4.39 Å². The van der Waals surface area contributed by atoms with Gasteiger partial charge in [0.2, 0.25) is 0 Å². The number of aryl methyl sites for hydroxylation is 1. The van der Waals surface area contributed by atoms with Gasteiger partial charge < -0.3 is 10.8 Å². The molecule has 3 N–H and O–H groups in total. The number of aliphatic hydroxyl groups is 1. The van der Waals surface area contributed by atoms with Gasteiger partial charge in [-0.1, -0.05) is 12.1 Å². The van der Waals surface area contributed by atoms with Crippen LogP contribution in [0.15, 0.2) is 30.6 Å². The number of aliphatic hydroxyl groups excluding tert-OH is 1. The van der Waals surface area contributed by atoms with Crippen LogP contribution in [-0.2, 0) is 18.9 Å². The monoisotopic (exact) mass is 264 g/mol. The number of nitrogens with zero attached hydrogens (tertiary/aromatic N) is 3. The first-order valence-electron chi connectivity index (χ1n) is 6.01. The lowest BCUT2D eigenvalue weighted by Crippen LogP contribution is -2.41. The highest BCUT2D eigenvalue weighted by Crippen LogP contribution is 2.27. The van der Waals surface area contributed by atoms with E-state index < -0.39 is 5.41 Å². The number of nitrogens with two attached hydrogens (primary N) is 1. The molecule has 1 aromatic heterocycles. The highest BCUT2D eigenvalue weighted by atomic mass is 19.1. The lowest BCUT2D eigenvalue weighted by atomic mass is 9.78. The molecule has 0 aliphatic carbocycles. The minimum Gasteiger partial charge on any atom is -0.395 e. The molecule has 2 aromatic rings. The van der Waals surface area contributed by atoms with Crippen molar-refractivity contribution >= 4 is 0 Å². The van der Waals surface area contributed by atoms with Gasteiger partial charge in [-0.2, -0.15) is 5.10 Å². The molecule has 0 saturated heterocycles. The second-order valence-electron chi connectivity index (χ2n) is 4.63. The quantitative estimate of drug-likeness (QED) is 0.819. The van der Waals surface area contributed by atoms with Crippen LogP contribution in [0.1, 0.15) is 11.4 Å². The van der Waals surface area contributed by atoms with Gasteiger partial charge in [0.05, 0.1) is 6.61 Å². The predicted molar refractivity (Wildman–Crippen MR) is 68.9 cm³/mol. The standard InChI is InChI=1S/C13H17FN4O/c1-18-12(16-9-17-18)6-13(7-15,8-19)10-3-2-4-11(14)5-10/h2-5,9,19H,6-8,15H2,1H3. The molecule has 102 valence electrons. The molecule has 0 spiro atoms. The largest absolute Gasteiger partial charge is 0.395 e. The number of benzene rings is 1. The lowest BCUT2D eigenvalue weighted by Gasteiger charge is -2.30. The molecule has 0 aliphatic heterocycles. The van der Waals surface area contributed by atoms with Crippen LogP contribution in [0, 0.1) is 5.82 Å². The van der Waals surface area contributed by atoms with Crippen molar-refractivity contribution < 1.29 is 9.50 Å². The van der Waals surface area contributed by atoms with Gasteiger partial charge in [0, 0.05) is 25.4 Å². The maximum absolute atomic E-state index is 13.4. The smallest absolute Gasteiger partial charge is 0.138 e. The predicted octanol–water partition coefficient (Wildman–Crippen LogP) is 0.386. The molecule has 1 unspecified atom stereocenters. The van der Waals surface area contributed by atoms with Crippen LogP contribution < -0.4 is 5.73 Å². The SMILES string of the molecule is Cn1ncnc1CC(CN)(CO)c1cccc(F)c1. The molecule has 1 atom stereocenters. The van der Waals surface area contributed by atoms with Gasteiger partial charge in [-0.3, -0.25) is 4.68 Å². The van der Waals surface area contributed by atoms with E-state index in [1.807, 2.05) is 0 Å². The summed E-state index contributed by atoms with van der Waals surface area (Å²) in [6.45, 7) is 0.0135. The Morgan fingerprint density at radius 2 is 2.26 bits per heavy atom. The zero-order valence-corrected chi connectivity index (χ0v) is 10.8. The maximum Gasteiger partial charge on any atom is 0.138 e. The van der Waals surface area contributed by atoms with Gasteiger partial charge >= 0.3 is 0 Å². The molecular formula is C13H17FN4O. The van der Waals surface area contributed by atoms with E-state index in [1.54, 1.807) is 23.9 Å². The van der Waals surface area contributed by atoms with Crippen LogP contribution in [-0.4, -0.2) is 33.0 Å². The van der Waals surface area contributed by atoms with Gasteiger partial charge in [-0.25, -0.2) is 9.37 Å². The van der Waals surface area contributed by atoms with Crippen LogP contribution in [0.5, 0.6) is 0 Å². The van der Waals surface area contributed by atoms with Crippen molar-refractivity contribution in [2.45, 2.75) is 11.8 Å². The number of halogens is 1. The van der Waals surface area contributed by atoms with Gasteiger partial charge in [-0.15, -0.1) is 0 Å². The lowest BCUT2D eigenvalue weighted by molar-refractivity contribution is 0.192. The van der Waals surface area contributed by atoms with Gasteiger partial charge in [0.1, 0.15) is 18.0 Å². The highest BCUT2D eigenvalue weighted by molar-refractivity contribution is 5.28. The number of hydrogen-bond acceptors (Lipinski definition) is 4. The van der Waals surface area contributed by atoms with Gasteiger partial charge in [0.15, 0.2) is 0 Å². The zero-order chi connectivity index (χ0) is 13.9. The molecule has 2 rings (SSSR count). The second-order valence-corrected chi connectivity index (χ2v) is 4.63. The summed E-state index contributed by atoms with van der Waals surface area (Å²) in [6.07, 6.45) is 1.85. The minimum absolute atomic E-state index is 0.181. The van der Waals surface area contributed by atoms with Crippen molar-refractivity contribution in [3.8, 4) is 0 Å². The molecule has 1 heterocycles. The van der Waals surface area contributed by atoms with E-state index in [9.17, 15) is 9.50 Å². The van der Waals surface area contributed by atoms with Crippen LogP contribution in [0.25, 0.3) is 0 Å². The number of hydrogen-bond donors (Lipinski definition) is 2. The molecule has 0 radical (unpaired) electrons. The molecule has 5 nitrogen and oxygen atoms in total. The Bertz CT molecular complexity index is 551. The fourth-order valence-electron chi connectivity index (χ4n) is 2.11. The normalized spacial score (nSPS) is 14.3. The summed E-state index contributed by atoms with van der Waals surface area (Å²) in [7, 11) is 1.77. The van der Waals surface area contributed by atoms with Crippen molar-refractivity contribution in [2.75, 3.05) is 13.2 Å². The van der Waals surface area contributed by atoms with E-state index >= 15 is 0 Å². The topological polar surface area (TPSA) is 77.0 Å². The molecule has 0 saturated carbocycles. The van der Waals surface area contributed by atoms with Crippen LogP contribution >= 0.6 is 0 Å². The Kier molecular flexibility index (Phi) is 3.92. The molecule has 19 heavy (non-hydrogen) atoms. The summed E-state index contributed by atoms with van der Waals surface area (Å²) in [5, 5.41) is 13.7. The first-order chi connectivity index (χ1) is 9.11. The van der Waals surface area contributed by atoms with Crippen LogP contribution in [0.2, 0.25) is 0 Å². The van der Waals surface area contributed by atoms with Gasteiger partial charge in [0.25, 0.3) is 0 Å². The average Bonchev–Trinajstić information content (AvgIpc) is 2.81. The molecule has 0 aliphatic rings. The molecule has 1 aromatic carbocycles. The van der Waals surface area contributed by atoms with Crippen molar-refractivity contribution in [1.29, 1.82) is 0 Å². The van der Waals surface area contributed by atoms with E-state index in [1.165, 1.54) is 18.5 Å². The molecule has 0 bridgehead atoms. The first kappa shape index (κ1) is 13.6. The summed E-state index contributed by atoms with van der Waals surface area (Å²) in [5.74, 6) is 0.352. The number of rotatable bonds is 5. The fraction of sp³-hybridized carbons (Fsp3) is 0.385. The van der Waals surface area contributed by atoms with E-state index in [4.69, 9.17) is 5.73 Å². The van der Waals surface area contributed by atoms with Crippen molar-refractivity contribution in [3.63, 3.8) is 0 Å². The molecular weight excluding hydrogens is 247 g/mol. The van der Waals surface area contributed by atoms with E-state index in [0.29, 0.717) is 17.8 Å². The van der Waals surface area contributed by atoms with Crippen molar-refractivity contribution in [1.82, 2.24) is 14.8 Å². The number of aromatic nitrogens is 3. The Morgan fingerprint density at radius 1 is 1.47 bits per heavy atom. The minimum atomic E-state index is -0.747. The average molecular weight is 264 g/mol. The van der Waals surface area contributed by atoms with Crippen LogP contribution in [0.3, 0.4) is 0 Å². The third-order valence-corrected chi connectivity index (χ3v) is 3.43. The van der Waals surface area contributed by atoms with E-state index in [2.05, 4.69) is 10.1 Å². The highest BCUT2D eigenvalue weighted by Gasteiger charge is 2.32. The summed E-state index contributed by atoms with van der Waals surface area (Å²) >= 11 is 0. The zero-order valence-electron chi connectivity index (χ0n) is 10.8. The third-order valence-electron chi connectivity index (χ3n) is 3.43. The molecule has 0 amide bonds.